The largest absolute Gasteiger partial charge is 0.495 e. The minimum absolute atomic E-state index is 0.00393. The van der Waals surface area contributed by atoms with Gasteiger partial charge in [-0.1, -0.05) is 6.07 Å². The zero-order valence-electron chi connectivity index (χ0n) is 10.00. The van der Waals surface area contributed by atoms with Crippen LogP contribution in [0, 0.1) is 0 Å². The molecule has 0 unspecified atom stereocenters. The minimum Gasteiger partial charge on any atom is -0.495 e. The van der Waals surface area contributed by atoms with Crippen molar-refractivity contribution < 1.29 is 9.53 Å². The SMILES string of the molecule is COc1cccc2c1N(C)C(C)(C)C(=O)N2. The number of nitrogens with zero attached hydrogens (tertiary/aromatic N) is 1. The number of ether oxygens (including phenoxy) is 1. The average molecular weight is 220 g/mol. The predicted molar refractivity (Wildman–Crippen MR) is 64.1 cm³/mol. The molecule has 0 radical (unpaired) electrons. The summed E-state index contributed by atoms with van der Waals surface area (Å²) in [5.74, 6) is 0.767. The van der Waals surface area contributed by atoms with E-state index in [9.17, 15) is 4.79 Å². The van der Waals surface area contributed by atoms with Gasteiger partial charge in [-0.15, -0.1) is 0 Å². The second kappa shape index (κ2) is 3.40. The zero-order valence-corrected chi connectivity index (χ0v) is 10.00. The molecule has 0 aliphatic carbocycles. The molecule has 0 atom stereocenters. The van der Waals surface area contributed by atoms with Gasteiger partial charge in [0.05, 0.1) is 12.8 Å². The number of hydrogen-bond donors (Lipinski definition) is 1. The summed E-state index contributed by atoms with van der Waals surface area (Å²) in [7, 11) is 3.53. The van der Waals surface area contributed by atoms with Crippen LogP contribution in [0.3, 0.4) is 0 Å². The number of likely N-dealkylation sites (N-methyl/N-ethyl adjacent to an activating group) is 1. The first kappa shape index (κ1) is 10.8. The summed E-state index contributed by atoms with van der Waals surface area (Å²) in [5.41, 5.74) is 1.16. The van der Waals surface area contributed by atoms with Gasteiger partial charge in [-0.05, 0) is 26.0 Å². The molecule has 4 nitrogen and oxygen atoms in total. The molecular weight excluding hydrogens is 204 g/mol. The molecule has 1 aliphatic heterocycles. The van der Waals surface area contributed by atoms with Crippen LogP contribution in [0.5, 0.6) is 5.75 Å². The first-order valence-corrected chi connectivity index (χ1v) is 5.20. The number of hydrogen-bond acceptors (Lipinski definition) is 3. The topological polar surface area (TPSA) is 41.6 Å². The van der Waals surface area contributed by atoms with Gasteiger partial charge in [0.1, 0.15) is 17.0 Å². The van der Waals surface area contributed by atoms with E-state index in [0.29, 0.717) is 0 Å². The number of nitrogens with one attached hydrogen (secondary N) is 1. The standard InChI is InChI=1S/C12H16N2O2/c1-12(2)11(15)13-8-6-5-7-9(16-4)10(8)14(12)3/h5-7H,1-4H3,(H,13,15). The lowest BCUT2D eigenvalue weighted by Crippen LogP contribution is -2.54. The van der Waals surface area contributed by atoms with Crippen LogP contribution >= 0.6 is 0 Å². The van der Waals surface area contributed by atoms with Crippen LogP contribution in [-0.4, -0.2) is 25.6 Å². The molecule has 0 aromatic heterocycles. The number of para-hydroxylation sites is 1. The first-order chi connectivity index (χ1) is 7.48. The fraction of sp³-hybridized carbons (Fsp3) is 0.417. The van der Waals surface area contributed by atoms with Crippen LogP contribution in [-0.2, 0) is 4.79 Å². The van der Waals surface area contributed by atoms with E-state index in [-0.39, 0.29) is 5.91 Å². The summed E-state index contributed by atoms with van der Waals surface area (Å²) in [6.45, 7) is 3.77. The van der Waals surface area contributed by atoms with E-state index in [1.165, 1.54) is 0 Å². The molecule has 86 valence electrons. The normalized spacial score (nSPS) is 17.8. The van der Waals surface area contributed by atoms with Crippen molar-refractivity contribution in [2.75, 3.05) is 24.4 Å². The van der Waals surface area contributed by atoms with Gasteiger partial charge in [0.15, 0.2) is 0 Å². The Bertz CT molecular complexity index is 441. The third kappa shape index (κ3) is 1.33. The lowest BCUT2D eigenvalue weighted by Gasteiger charge is -2.41. The van der Waals surface area contributed by atoms with Crippen LogP contribution in [0.15, 0.2) is 18.2 Å². The minimum atomic E-state index is -0.568. The average Bonchev–Trinajstić information content (AvgIpc) is 2.26. The Kier molecular flexibility index (Phi) is 2.30. The highest BCUT2D eigenvalue weighted by Gasteiger charge is 2.39. The van der Waals surface area contributed by atoms with Crippen molar-refractivity contribution in [2.45, 2.75) is 19.4 Å². The van der Waals surface area contributed by atoms with Gasteiger partial charge >= 0.3 is 0 Å². The van der Waals surface area contributed by atoms with Crippen molar-refractivity contribution in [1.29, 1.82) is 0 Å². The second-order valence-corrected chi connectivity index (χ2v) is 4.43. The van der Waals surface area contributed by atoms with E-state index in [1.54, 1.807) is 7.11 Å². The second-order valence-electron chi connectivity index (χ2n) is 4.43. The highest BCUT2D eigenvalue weighted by Crippen LogP contribution is 2.41. The molecule has 16 heavy (non-hydrogen) atoms. The Balaban J connectivity index is 2.61. The molecule has 1 aromatic rings. The van der Waals surface area contributed by atoms with E-state index < -0.39 is 5.54 Å². The number of anilines is 2. The third-order valence-corrected chi connectivity index (χ3v) is 3.20. The van der Waals surface area contributed by atoms with Crippen molar-refractivity contribution in [1.82, 2.24) is 0 Å². The van der Waals surface area contributed by atoms with E-state index in [1.807, 2.05) is 44.0 Å². The maximum Gasteiger partial charge on any atom is 0.249 e. The van der Waals surface area contributed by atoms with Gasteiger partial charge < -0.3 is 15.0 Å². The van der Waals surface area contributed by atoms with E-state index >= 15 is 0 Å². The van der Waals surface area contributed by atoms with Gasteiger partial charge in [-0.3, -0.25) is 4.79 Å². The van der Waals surface area contributed by atoms with Gasteiger partial charge in [0.2, 0.25) is 5.91 Å². The molecular formula is C12H16N2O2. The zero-order chi connectivity index (χ0) is 11.9. The van der Waals surface area contributed by atoms with Crippen molar-refractivity contribution >= 4 is 17.3 Å². The fourth-order valence-corrected chi connectivity index (χ4v) is 1.84. The maximum absolute atomic E-state index is 11.9. The summed E-state index contributed by atoms with van der Waals surface area (Å²) in [4.78, 5) is 13.8. The number of benzene rings is 1. The van der Waals surface area contributed by atoms with Crippen LogP contribution in [0.25, 0.3) is 0 Å². The van der Waals surface area contributed by atoms with Gasteiger partial charge in [0, 0.05) is 7.05 Å². The molecule has 0 saturated heterocycles. The molecule has 1 aromatic carbocycles. The van der Waals surface area contributed by atoms with Crippen LogP contribution in [0.1, 0.15) is 13.8 Å². The van der Waals surface area contributed by atoms with Crippen LogP contribution < -0.4 is 15.0 Å². The Morgan fingerprint density at radius 3 is 2.69 bits per heavy atom. The number of rotatable bonds is 1. The summed E-state index contributed by atoms with van der Waals surface area (Å²) in [6.07, 6.45) is 0. The molecule has 1 heterocycles. The fourth-order valence-electron chi connectivity index (χ4n) is 1.84. The maximum atomic E-state index is 11.9. The number of carbonyl (C=O) groups is 1. The number of carbonyl (C=O) groups excluding carboxylic acids is 1. The molecule has 0 fully saturated rings. The Morgan fingerprint density at radius 2 is 2.06 bits per heavy atom. The van der Waals surface area contributed by atoms with E-state index in [4.69, 9.17) is 4.74 Å². The Hall–Kier alpha value is -1.71. The summed E-state index contributed by atoms with van der Waals surface area (Å²) in [6, 6.07) is 5.63. The highest BCUT2D eigenvalue weighted by atomic mass is 16.5. The third-order valence-electron chi connectivity index (χ3n) is 3.20. The van der Waals surface area contributed by atoms with Crippen molar-refractivity contribution in [3.05, 3.63) is 18.2 Å². The molecule has 1 aliphatic rings. The smallest absolute Gasteiger partial charge is 0.249 e. The number of fused-ring (bicyclic) bond motifs is 1. The van der Waals surface area contributed by atoms with Crippen LogP contribution in [0.4, 0.5) is 11.4 Å². The first-order valence-electron chi connectivity index (χ1n) is 5.20. The van der Waals surface area contributed by atoms with E-state index in [0.717, 1.165) is 17.1 Å². The van der Waals surface area contributed by atoms with Crippen molar-refractivity contribution in [3.8, 4) is 5.75 Å². The Morgan fingerprint density at radius 1 is 1.38 bits per heavy atom. The summed E-state index contributed by atoms with van der Waals surface area (Å²) < 4.78 is 5.32. The molecule has 4 heteroatoms. The monoisotopic (exact) mass is 220 g/mol. The molecule has 1 N–H and O–H groups in total. The van der Waals surface area contributed by atoms with E-state index in [2.05, 4.69) is 5.32 Å². The van der Waals surface area contributed by atoms with Gasteiger partial charge in [0.25, 0.3) is 0 Å². The van der Waals surface area contributed by atoms with Crippen LogP contribution in [0.2, 0.25) is 0 Å². The van der Waals surface area contributed by atoms with Gasteiger partial charge in [-0.2, -0.15) is 0 Å². The quantitative estimate of drug-likeness (QED) is 0.785. The number of amides is 1. The lowest BCUT2D eigenvalue weighted by atomic mass is 9.97. The Labute approximate surface area is 95.2 Å². The summed E-state index contributed by atoms with van der Waals surface area (Å²) in [5, 5.41) is 2.89. The summed E-state index contributed by atoms with van der Waals surface area (Å²) >= 11 is 0. The van der Waals surface area contributed by atoms with Crippen molar-refractivity contribution in [3.63, 3.8) is 0 Å². The predicted octanol–water partition coefficient (Wildman–Crippen LogP) is 1.86. The molecule has 0 spiro atoms. The van der Waals surface area contributed by atoms with Gasteiger partial charge in [-0.25, -0.2) is 0 Å². The highest BCUT2D eigenvalue weighted by molar-refractivity contribution is 6.07. The molecule has 0 saturated carbocycles. The van der Waals surface area contributed by atoms with Crippen molar-refractivity contribution in [2.24, 2.45) is 0 Å². The molecule has 1 amide bonds. The number of methoxy groups -OCH3 is 1. The lowest BCUT2D eigenvalue weighted by molar-refractivity contribution is -0.120. The molecule has 2 rings (SSSR count). The molecule has 0 bridgehead atoms.